The highest BCUT2D eigenvalue weighted by Gasteiger charge is 2.14. The molecule has 3 rings (SSSR count). The van der Waals surface area contributed by atoms with Gasteiger partial charge in [0.15, 0.2) is 6.61 Å². The summed E-state index contributed by atoms with van der Waals surface area (Å²) in [6, 6.07) is 19.5. The second kappa shape index (κ2) is 9.71. The van der Waals surface area contributed by atoms with Gasteiger partial charge in [-0.3, -0.25) is 9.59 Å². The molecule has 0 radical (unpaired) electrons. The Kier molecular flexibility index (Phi) is 6.81. The number of rotatable bonds is 7. The van der Waals surface area contributed by atoms with E-state index < -0.39 is 11.7 Å². The van der Waals surface area contributed by atoms with E-state index in [1.54, 1.807) is 42.5 Å². The van der Waals surface area contributed by atoms with Gasteiger partial charge >= 0.3 is 0 Å². The molecular formula is C22H18ClFN2O3. The summed E-state index contributed by atoms with van der Waals surface area (Å²) in [5.41, 5.74) is 1.25. The van der Waals surface area contributed by atoms with Gasteiger partial charge in [-0.05, 0) is 42.0 Å². The zero-order valence-electron chi connectivity index (χ0n) is 15.3. The predicted molar refractivity (Wildman–Crippen MR) is 110 cm³/mol. The van der Waals surface area contributed by atoms with E-state index in [0.29, 0.717) is 17.1 Å². The van der Waals surface area contributed by atoms with Crippen molar-refractivity contribution in [2.45, 2.75) is 6.54 Å². The standard InChI is InChI=1S/C22H18ClFN2O3/c23-16-11-9-15(10-12-16)13-25-22(28)17-5-1-4-8-20(17)29-14-21(27)26-19-7-3-2-6-18(19)24/h1-12H,13-14H2,(H,25,28)(H,26,27). The maximum atomic E-state index is 13.6. The fourth-order valence-corrected chi connectivity index (χ4v) is 2.68. The average molecular weight is 413 g/mol. The Balaban J connectivity index is 1.59. The lowest BCUT2D eigenvalue weighted by atomic mass is 10.1. The summed E-state index contributed by atoms with van der Waals surface area (Å²) in [4.78, 5) is 24.6. The zero-order chi connectivity index (χ0) is 20.6. The van der Waals surface area contributed by atoms with Crippen LogP contribution in [0.15, 0.2) is 72.8 Å². The van der Waals surface area contributed by atoms with Crippen LogP contribution in [-0.4, -0.2) is 18.4 Å². The molecule has 3 aromatic rings. The Morgan fingerprint density at radius 1 is 0.931 bits per heavy atom. The van der Waals surface area contributed by atoms with Gasteiger partial charge < -0.3 is 15.4 Å². The van der Waals surface area contributed by atoms with E-state index in [-0.39, 0.29) is 24.0 Å². The van der Waals surface area contributed by atoms with Gasteiger partial charge in [0.1, 0.15) is 11.6 Å². The Hall–Kier alpha value is -3.38. The molecule has 0 spiro atoms. The maximum absolute atomic E-state index is 13.6. The summed E-state index contributed by atoms with van der Waals surface area (Å²) < 4.78 is 19.1. The molecule has 29 heavy (non-hydrogen) atoms. The molecule has 0 saturated heterocycles. The van der Waals surface area contributed by atoms with E-state index in [2.05, 4.69) is 10.6 Å². The van der Waals surface area contributed by atoms with Gasteiger partial charge in [-0.1, -0.05) is 48.0 Å². The molecule has 0 heterocycles. The number of nitrogens with one attached hydrogen (secondary N) is 2. The number of para-hydroxylation sites is 2. The molecule has 0 bridgehead atoms. The number of carbonyl (C=O) groups excluding carboxylic acids is 2. The Morgan fingerprint density at radius 3 is 2.38 bits per heavy atom. The molecule has 0 unspecified atom stereocenters. The predicted octanol–water partition coefficient (Wildman–Crippen LogP) is 4.43. The smallest absolute Gasteiger partial charge is 0.262 e. The third kappa shape index (κ3) is 5.80. The summed E-state index contributed by atoms with van der Waals surface area (Å²) in [7, 11) is 0. The largest absolute Gasteiger partial charge is 0.483 e. The highest BCUT2D eigenvalue weighted by atomic mass is 35.5. The quantitative estimate of drug-likeness (QED) is 0.603. The fourth-order valence-electron chi connectivity index (χ4n) is 2.55. The summed E-state index contributed by atoms with van der Waals surface area (Å²) in [6.07, 6.45) is 0. The van der Waals surface area contributed by atoms with Crippen molar-refractivity contribution in [2.75, 3.05) is 11.9 Å². The Bertz CT molecular complexity index is 1010. The van der Waals surface area contributed by atoms with Crippen LogP contribution in [-0.2, 0) is 11.3 Å². The summed E-state index contributed by atoms with van der Waals surface area (Å²) >= 11 is 5.85. The fraction of sp³-hybridized carbons (Fsp3) is 0.0909. The van der Waals surface area contributed by atoms with Gasteiger partial charge in [-0.2, -0.15) is 0 Å². The first-order valence-corrected chi connectivity index (χ1v) is 9.19. The number of amides is 2. The van der Waals surface area contributed by atoms with Crippen LogP contribution in [0.25, 0.3) is 0 Å². The molecule has 0 saturated carbocycles. The van der Waals surface area contributed by atoms with Crippen molar-refractivity contribution in [1.82, 2.24) is 5.32 Å². The highest BCUT2D eigenvalue weighted by molar-refractivity contribution is 6.30. The lowest BCUT2D eigenvalue weighted by molar-refractivity contribution is -0.118. The topological polar surface area (TPSA) is 67.4 Å². The van der Waals surface area contributed by atoms with Crippen molar-refractivity contribution in [1.29, 1.82) is 0 Å². The van der Waals surface area contributed by atoms with E-state index in [0.717, 1.165) is 5.56 Å². The van der Waals surface area contributed by atoms with E-state index >= 15 is 0 Å². The van der Waals surface area contributed by atoms with Crippen molar-refractivity contribution in [3.05, 3.63) is 94.8 Å². The molecule has 5 nitrogen and oxygen atoms in total. The van der Waals surface area contributed by atoms with Gasteiger partial charge in [0, 0.05) is 11.6 Å². The van der Waals surface area contributed by atoms with Gasteiger partial charge in [-0.25, -0.2) is 4.39 Å². The first-order valence-electron chi connectivity index (χ1n) is 8.82. The number of hydrogen-bond donors (Lipinski definition) is 2. The lowest BCUT2D eigenvalue weighted by Gasteiger charge is -2.12. The van der Waals surface area contributed by atoms with E-state index in [9.17, 15) is 14.0 Å². The molecule has 0 fully saturated rings. The number of ether oxygens (including phenoxy) is 1. The summed E-state index contributed by atoms with van der Waals surface area (Å²) in [6.45, 7) is -0.0477. The molecule has 148 valence electrons. The van der Waals surface area contributed by atoms with E-state index in [4.69, 9.17) is 16.3 Å². The second-order valence-corrected chi connectivity index (χ2v) is 6.56. The third-order valence-corrected chi connectivity index (χ3v) is 4.26. The first kappa shape index (κ1) is 20.4. The molecule has 2 amide bonds. The van der Waals surface area contributed by atoms with Crippen LogP contribution in [0, 0.1) is 5.82 Å². The normalized spacial score (nSPS) is 10.3. The molecular weight excluding hydrogens is 395 g/mol. The number of halogens is 2. The van der Waals surface area contributed by atoms with Gasteiger partial charge in [0.25, 0.3) is 11.8 Å². The Labute approximate surface area is 172 Å². The van der Waals surface area contributed by atoms with Gasteiger partial charge in [0.2, 0.25) is 0 Å². The minimum Gasteiger partial charge on any atom is -0.483 e. The second-order valence-electron chi connectivity index (χ2n) is 6.12. The van der Waals surface area contributed by atoms with Crippen LogP contribution >= 0.6 is 11.6 Å². The van der Waals surface area contributed by atoms with Crippen LogP contribution < -0.4 is 15.4 Å². The van der Waals surface area contributed by atoms with Crippen molar-refractivity contribution in [2.24, 2.45) is 0 Å². The highest BCUT2D eigenvalue weighted by Crippen LogP contribution is 2.19. The minimum atomic E-state index is -0.539. The number of anilines is 1. The first-order chi connectivity index (χ1) is 14.0. The number of hydrogen-bond acceptors (Lipinski definition) is 3. The molecule has 0 aliphatic carbocycles. The van der Waals surface area contributed by atoms with Crippen LogP contribution in [0.1, 0.15) is 15.9 Å². The van der Waals surface area contributed by atoms with Gasteiger partial charge in [-0.15, -0.1) is 0 Å². The van der Waals surface area contributed by atoms with E-state index in [1.165, 1.54) is 18.2 Å². The van der Waals surface area contributed by atoms with Crippen molar-refractivity contribution in [3.8, 4) is 5.75 Å². The van der Waals surface area contributed by atoms with E-state index in [1.807, 2.05) is 12.1 Å². The van der Waals surface area contributed by atoms with Crippen molar-refractivity contribution >= 4 is 29.1 Å². The molecule has 0 aliphatic rings. The number of benzene rings is 3. The average Bonchev–Trinajstić information content (AvgIpc) is 2.73. The van der Waals surface area contributed by atoms with Crippen LogP contribution in [0.3, 0.4) is 0 Å². The monoisotopic (exact) mass is 412 g/mol. The molecule has 0 atom stereocenters. The zero-order valence-corrected chi connectivity index (χ0v) is 16.1. The van der Waals surface area contributed by atoms with Crippen LogP contribution in [0.5, 0.6) is 5.75 Å². The maximum Gasteiger partial charge on any atom is 0.262 e. The SMILES string of the molecule is O=C(COc1ccccc1C(=O)NCc1ccc(Cl)cc1)Nc1ccccc1F. The minimum absolute atomic E-state index is 0.0649. The molecule has 3 aromatic carbocycles. The molecule has 7 heteroatoms. The molecule has 0 aromatic heterocycles. The van der Waals surface area contributed by atoms with Crippen molar-refractivity contribution in [3.63, 3.8) is 0 Å². The molecule has 0 aliphatic heterocycles. The van der Waals surface area contributed by atoms with Gasteiger partial charge in [0.05, 0.1) is 11.3 Å². The molecule has 2 N–H and O–H groups in total. The van der Waals surface area contributed by atoms with Crippen LogP contribution in [0.2, 0.25) is 5.02 Å². The Morgan fingerprint density at radius 2 is 1.62 bits per heavy atom. The number of carbonyl (C=O) groups is 2. The van der Waals surface area contributed by atoms with Crippen molar-refractivity contribution < 1.29 is 18.7 Å². The summed E-state index contributed by atoms with van der Waals surface area (Å²) in [5.74, 6) is -1.16. The lowest BCUT2D eigenvalue weighted by Crippen LogP contribution is -2.25. The summed E-state index contributed by atoms with van der Waals surface area (Å²) in [5, 5.41) is 5.85. The third-order valence-electron chi connectivity index (χ3n) is 4.00. The van der Waals surface area contributed by atoms with Crippen LogP contribution in [0.4, 0.5) is 10.1 Å².